The van der Waals surface area contributed by atoms with Crippen LogP contribution in [0.25, 0.3) is 11.4 Å². The molecule has 0 fully saturated rings. The van der Waals surface area contributed by atoms with Gasteiger partial charge in [-0.15, -0.1) is 0 Å². The van der Waals surface area contributed by atoms with Crippen molar-refractivity contribution in [1.82, 2.24) is 19.6 Å². The lowest BCUT2D eigenvalue weighted by Crippen LogP contribution is -2.13. The first-order chi connectivity index (χ1) is 14.5. The Labute approximate surface area is 176 Å². The minimum atomic E-state index is -0.0102. The molecule has 4 aromatic rings. The fourth-order valence-electron chi connectivity index (χ4n) is 3.58. The predicted molar refractivity (Wildman–Crippen MR) is 118 cm³/mol. The average molecular weight is 399 g/mol. The summed E-state index contributed by atoms with van der Waals surface area (Å²) in [5, 5.41) is 12.0. The molecule has 0 aliphatic rings. The third-order valence-corrected chi connectivity index (χ3v) is 5.18. The smallest absolute Gasteiger partial charge is 0.224 e. The number of carbonyl (C=O) groups excluding carboxylic acids is 1. The maximum Gasteiger partial charge on any atom is 0.224 e. The van der Waals surface area contributed by atoms with E-state index < -0.39 is 0 Å². The van der Waals surface area contributed by atoms with E-state index in [-0.39, 0.29) is 5.91 Å². The van der Waals surface area contributed by atoms with Crippen LogP contribution < -0.4 is 5.32 Å². The lowest BCUT2D eigenvalue weighted by Gasteiger charge is -2.08. The van der Waals surface area contributed by atoms with Crippen molar-refractivity contribution >= 4 is 11.6 Å². The highest BCUT2D eigenvalue weighted by Gasteiger charge is 2.14. The van der Waals surface area contributed by atoms with Crippen LogP contribution in [0.5, 0.6) is 0 Å². The summed E-state index contributed by atoms with van der Waals surface area (Å²) in [7, 11) is 0. The second-order valence-electron chi connectivity index (χ2n) is 7.39. The molecule has 0 unspecified atom stereocenters. The van der Waals surface area contributed by atoms with Gasteiger partial charge in [-0.3, -0.25) is 4.79 Å². The Hall–Kier alpha value is -3.67. The highest BCUT2D eigenvalue weighted by Crippen LogP contribution is 2.20. The molecule has 2 aromatic heterocycles. The Balaban J connectivity index is 1.39. The van der Waals surface area contributed by atoms with Crippen molar-refractivity contribution in [1.29, 1.82) is 0 Å². The van der Waals surface area contributed by atoms with Gasteiger partial charge in [0, 0.05) is 24.0 Å². The molecule has 0 spiro atoms. The summed E-state index contributed by atoms with van der Waals surface area (Å²) in [4.78, 5) is 12.5. The lowest BCUT2D eigenvalue weighted by atomic mass is 10.1. The van der Waals surface area contributed by atoms with Gasteiger partial charge in [-0.25, -0.2) is 9.36 Å². The number of hydrogen-bond acceptors (Lipinski definition) is 3. The fraction of sp³-hybridized carbons (Fsp3) is 0.208. The number of nitrogens with one attached hydrogen (secondary N) is 1. The largest absolute Gasteiger partial charge is 0.326 e. The molecule has 2 aromatic carbocycles. The van der Waals surface area contributed by atoms with Gasteiger partial charge in [0.15, 0.2) is 0 Å². The molecule has 1 amide bonds. The average Bonchev–Trinajstić information content (AvgIpc) is 3.31. The minimum absolute atomic E-state index is 0.0102. The van der Waals surface area contributed by atoms with Crippen LogP contribution in [-0.2, 0) is 11.2 Å². The molecule has 0 radical (unpaired) electrons. The summed E-state index contributed by atoms with van der Waals surface area (Å²) in [6.07, 6.45) is 2.98. The van der Waals surface area contributed by atoms with Crippen LogP contribution >= 0.6 is 0 Å². The van der Waals surface area contributed by atoms with Gasteiger partial charge in [0.2, 0.25) is 5.91 Å². The highest BCUT2D eigenvalue weighted by atomic mass is 16.1. The van der Waals surface area contributed by atoms with E-state index in [9.17, 15) is 4.79 Å². The zero-order valence-corrected chi connectivity index (χ0v) is 17.5. The van der Waals surface area contributed by atoms with E-state index in [1.165, 1.54) is 0 Å². The van der Waals surface area contributed by atoms with E-state index in [2.05, 4.69) is 22.4 Å². The standard InChI is InChI=1S/C24H25N5O/c1-17-15-16-28(26-17)21-11-9-20(10-12-21)25-24(30)14-13-23-18(2)27-29(19(23)3)22-7-5-4-6-8-22/h4-12,15-16H,13-14H2,1-3H3,(H,25,30). The maximum atomic E-state index is 12.5. The SMILES string of the molecule is Cc1ccn(-c2ccc(NC(=O)CCc3c(C)nn(-c4ccccc4)c3C)cc2)n1. The summed E-state index contributed by atoms with van der Waals surface area (Å²) in [5.41, 5.74) is 6.89. The van der Waals surface area contributed by atoms with Gasteiger partial charge in [0.1, 0.15) is 0 Å². The van der Waals surface area contributed by atoms with Crippen molar-refractivity contribution < 1.29 is 4.79 Å². The number of aryl methyl sites for hydroxylation is 2. The van der Waals surface area contributed by atoms with Crippen molar-refractivity contribution in [2.75, 3.05) is 5.32 Å². The molecule has 30 heavy (non-hydrogen) atoms. The summed E-state index contributed by atoms with van der Waals surface area (Å²) in [6.45, 7) is 6.00. The lowest BCUT2D eigenvalue weighted by molar-refractivity contribution is -0.116. The number of para-hydroxylation sites is 1. The third kappa shape index (κ3) is 4.17. The minimum Gasteiger partial charge on any atom is -0.326 e. The zero-order valence-electron chi connectivity index (χ0n) is 17.5. The van der Waals surface area contributed by atoms with E-state index >= 15 is 0 Å². The first-order valence-electron chi connectivity index (χ1n) is 10.0. The quantitative estimate of drug-likeness (QED) is 0.517. The molecule has 0 saturated heterocycles. The normalized spacial score (nSPS) is 10.9. The van der Waals surface area contributed by atoms with Gasteiger partial charge in [-0.05, 0) is 75.2 Å². The Morgan fingerprint density at radius 1 is 0.900 bits per heavy atom. The van der Waals surface area contributed by atoms with Crippen molar-refractivity contribution in [2.45, 2.75) is 33.6 Å². The Kier molecular flexibility index (Phi) is 5.48. The molecule has 6 heteroatoms. The van der Waals surface area contributed by atoms with Crippen molar-refractivity contribution in [2.24, 2.45) is 0 Å². The van der Waals surface area contributed by atoms with Crippen molar-refractivity contribution in [3.63, 3.8) is 0 Å². The summed E-state index contributed by atoms with van der Waals surface area (Å²) >= 11 is 0. The van der Waals surface area contributed by atoms with Gasteiger partial charge in [0.25, 0.3) is 0 Å². The number of rotatable bonds is 6. The summed E-state index contributed by atoms with van der Waals surface area (Å²) < 4.78 is 3.76. The van der Waals surface area contributed by atoms with E-state index in [0.717, 1.165) is 39.7 Å². The molecule has 0 atom stereocenters. The summed E-state index contributed by atoms with van der Waals surface area (Å²) in [5.74, 6) is -0.0102. The number of anilines is 1. The van der Waals surface area contributed by atoms with Crippen LogP contribution in [0.3, 0.4) is 0 Å². The molecule has 4 rings (SSSR count). The van der Waals surface area contributed by atoms with E-state index in [1.54, 1.807) is 0 Å². The predicted octanol–water partition coefficient (Wildman–Crippen LogP) is 4.55. The zero-order chi connectivity index (χ0) is 21.1. The monoisotopic (exact) mass is 399 g/mol. The van der Waals surface area contributed by atoms with Crippen LogP contribution in [0.15, 0.2) is 66.9 Å². The molecular formula is C24H25N5O. The van der Waals surface area contributed by atoms with Crippen LogP contribution in [0, 0.1) is 20.8 Å². The highest BCUT2D eigenvalue weighted by molar-refractivity contribution is 5.90. The van der Waals surface area contributed by atoms with Gasteiger partial charge < -0.3 is 5.32 Å². The van der Waals surface area contributed by atoms with Crippen molar-refractivity contribution in [3.05, 3.63) is 89.5 Å². The van der Waals surface area contributed by atoms with Gasteiger partial charge >= 0.3 is 0 Å². The molecule has 0 bridgehead atoms. The molecule has 0 aliphatic carbocycles. The molecule has 1 N–H and O–H groups in total. The molecule has 152 valence electrons. The second kappa shape index (κ2) is 8.37. The first kappa shape index (κ1) is 19.6. The number of hydrogen-bond donors (Lipinski definition) is 1. The van der Waals surface area contributed by atoms with Crippen molar-refractivity contribution in [3.8, 4) is 11.4 Å². The molecule has 2 heterocycles. The van der Waals surface area contributed by atoms with E-state index in [4.69, 9.17) is 0 Å². The number of nitrogens with zero attached hydrogens (tertiary/aromatic N) is 4. The number of amides is 1. The number of carbonyl (C=O) groups is 1. The fourth-order valence-corrected chi connectivity index (χ4v) is 3.58. The van der Waals surface area contributed by atoms with Gasteiger partial charge in [-0.1, -0.05) is 18.2 Å². The Morgan fingerprint density at radius 2 is 1.63 bits per heavy atom. The van der Waals surface area contributed by atoms with Crippen LogP contribution in [-0.4, -0.2) is 25.5 Å². The van der Waals surface area contributed by atoms with Gasteiger partial charge in [-0.2, -0.15) is 10.2 Å². The third-order valence-electron chi connectivity index (χ3n) is 5.18. The van der Waals surface area contributed by atoms with Crippen LogP contribution in [0.2, 0.25) is 0 Å². The second-order valence-corrected chi connectivity index (χ2v) is 7.39. The number of aromatic nitrogens is 4. The number of benzene rings is 2. The maximum absolute atomic E-state index is 12.5. The molecule has 0 saturated carbocycles. The topological polar surface area (TPSA) is 64.7 Å². The summed E-state index contributed by atoms with van der Waals surface area (Å²) in [6, 6.07) is 19.7. The molecular weight excluding hydrogens is 374 g/mol. The van der Waals surface area contributed by atoms with Crippen LogP contribution in [0.1, 0.15) is 29.1 Å². The van der Waals surface area contributed by atoms with E-state index in [1.807, 2.05) is 90.1 Å². The Bertz CT molecular complexity index is 1160. The van der Waals surface area contributed by atoms with Crippen LogP contribution in [0.4, 0.5) is 5.69 Å². The first-order valence-corrected chi connectivity index (χ1v) is 10.0. The molecule has 0 aliphatic heterocycles. The molecule has 6 nitrogen and oxygen atoms in total. The van der Waals surface area contributed by atoms with Gasteiger partial charge in [0.05, 0.1) is 22.8 Å². The Morgan fingerprint density at radius 3 is 2.30 bits per heavy atom. The van der Waals surface area contributed by atoms with E-state index in [0.29, 0.717) is 12.8 Å².